The molecule has 0 saturated carbocycles. The van der Waals surface area contributed by atoms with Crippen molar-refractivity contribution in [3.8, 4) is 6.07 Å². The van der Waals surface area contributed by atoms with E-state index in [1.54, 1.807) is 17.2 Å². The maximum Gasteiger partial charge on any atom is 0.242 e. The van der Waals surface area contributed by atoms with Gasteiger partial charge in [-0.1, -0.05) is 49.4 Å². The van der Waals surface area contributed by atoms with Gasteiger partial charge in [-0.3, -0.25) is 9.59 Å². The Kier molecular flexibility index (Phi) is 8.72. The predicted molar refractivity (Wildman–Crippen MR) is 149 cm³/mol. The summed E-state index contributed by atoms with van der Waals surface area (Å²) in [4.78, 5) is 33.8. The first-order valence-corrected chi connectivity index (χ1v) is 12.9. The number of rotatable bonds is 9. The summed E-state index contributed by atoms with van der Waals surface area (Å²) >= 11 is 0. The highest BCUT2D eigenvalue weighted by atomic mass is 16.2. The standard InChI is InChI=1S/C30H34N6O2/c1-21(24-11-9-23(15-31)10-12-24)16-32-18-27(25-7-5-4-6-8-25)30(38)34-28-14-13-26(17-33-28)36-19-22(2)35(3)29(37)20-36/h4-14,17,21-22,27,32H,16,18-20H2,1-3H3,(H,33,34,38)/t21-,22?,27?/m1/s1. The summed E-state index contributed by atoms with van der Waals surface area (Å²) < 4.78 is 0. The number of nitrogens with one attached hydrogen (secondary N) is 2. The molecule has 38 heavy (non-hydrogen) atoms. The molecule has 196 valence electrons. The highest BCUT2D eigenvalue weighted by Gasteiger charge is 2.27. The summed E-state index contributed by atoms with van der Waals surface area (Å²) in [5.41, 5.74) is 3.56. The van der Waals surface area contributed by atoms with Gasteiger partial charge in [0.1, 0.15) is 5.82 Å². The zero-order chi connectivity index (χ0) is 27.1. The maximum absolute atomic E-state index is 13.4. The van der Waals surface area contributed by atoms with Crippen LogP contribution in [0.1, 0.15) is 42.4 Å². The van der Waals surface area contributed by atoms with Gasteiger partial charge in [-0.2, -0.15) is 5.26 Å². The SMILES string of the molecule is CC1CN(c2ccc(NC(=O)C(CNC[C@@H](C)c3ccc(C#N)cc3)c3ccccc3)nc2)CC(=O)N1C. The number of nitriles is 1. The second-order valence-electron chi connectivity index (χ2n) is 9.88. The third kappa shape index (κ3) is 6.55. The van der Waals surface area contributed by atoms with Gasteiger partial charge in [0.25, 0.3) is 0 Å². The minimum atomic E-state index is -0.401. The van der Waals surface area contributed by atoms with Gasteiger partial charge >= 0.3 is 0 Å². The van der Waals surface area contributed by atoms with Crippen molar-refractivity contribution in [2.45, 2.75) is 31.7 Å². The highest BCUT2D eigenvalue weighted by Crippen LogP contribution is 2.22. The van der Waals surface area contributed by atoms with Crippen LogP contribution in [0.3, 0.4) is 0 Å². The highest BCUT2D eigenvalue weighted by molar-refractivity contribution is 5.95. The van der Waals surface area contributed by atoms with E-state index in [9.17, 15) is 9.59 Å². The van der Waals surface area contributed by atoms with E-state index in [0.29, 0.717) is 31.0 Å². The fourth-order valence-corrected chi connectivity index (χ4v) is 4.58. The Labute approximate surface area is 224 Å². The fourth-order valence-electron chi connectivity index (χ4n) is 4.58. The topological polar surface area (TPSA) is 101 Å². The molecule has 2 unspecified atom stereocenters. The first-order chi connectivity index (χ1) is 18.4. The molecule has 3 aromatic rings. The molecule has 2 aromatic carbocycles. The van der Waals surface area contributed by atoms with Gasteiger partial charge in [0.2, 0.25) is 11.8 Å². The van der Waals surface area contributed by atoms with Gasteiger partial charge < -0.3 is 20.4 Å². The second kappa shape index (κ2) is 12.3. The van der Waals surface area contributed by atoms with Crippen LogP contribution < -0.4 is 15.5 Å². The Balaban J connectivity index is 1.39. The number of pyridine rings is 1. The summed E-state index contributed by atoms with van der Waals surface area (Å²) in [7, 11) is 1.83. The Morgan fingerprint density at radius 3 is 2.45 bits per heavy atom. The van der Waals surface area contributed by atoms with E-state index in [1.165, 1.54) is 0 Å². The van der Waals surface area contributed by atoms with Gasteiger partial charge in [0.05, 0.1) is 36.0 Å². The minimum absolute atomic E-state index is 0.0767. The van der Waals surface area contributed by atoms with Crippen molar-refractivity contribution >= 4 is 23.3 Å². The first kappa shape index (κ1) is 26.8. The predicted octanol–water partition coefficient (Wildman–Crippen LogP) is 3.74. The normalized spacial score (nSPS) is 17.0. The van der Waals surface area contributed by atoms with Crippen LogP contribution in [0.2, 0.25) is 0 Å². The molecule has 1 aliphatic heterocycles. The number of hydrogen-bond acceptors (Lipinski definition) is 6. The summed E-state index contributed by atoms with van der Waals surface area (Å²) in [6, 6.07) is 23.2. The van der Waals surface area contributed by atoms with Crippen LogP contribution >= 0.6 is 0 Å². The molecule has 8 heteroatoms. The Hall–Kier alpha value is -4.22. The van der Waals surface area contributed by atoms with Crippen molar-refractivity contribution < 1.29 is 9.59 Å². The zero-order valence-electron chi connectivity index (χ0n) is 22.1. The number of aromatic nitrogens is 1. The molecule has 1 saturated heterocycles. The van der Waals surface area contributed by atoms with Crippen LogP contribution in [0.4, 0.5) is 11.5 Å². The molecular formula is C30H34N6O2. The van der Waals surface area contributed by atoms with E-state index in [4.69, 9.17) is 5.26 Å². The van der Waals surface area contributed by atoms with Crippen molar-refractivity contribution in [3.63, 3.8) is 0 Å². The number of benzene rings is 2. The number of hydrogen-bond donors (Lipinski definition) is 2. The molecule has 4 rings (SSSR count). The zero-order valence-corrected chi connectivity index (χ0v) is 22.1. The Morgan fingerprint density at radius 2 is 1.82 bits per heavy atom. The lowest BCUT2D eigenvalue weighted by Crippen LogP contribution is -2.53. The van der Waals surface area contributed by atoms with Crippen LogP contribution in [0.25, 0.3) is 0 Å². The number of carbonyl (C=O) groups excluding carboxylic acids is 2. The van der Waals surface area contributed by atoms with Gasteiger partial charge in [-0.15, -0.1) is 0 Å². The molecule has 1 aliphatic rings. The van der Waals surface area contributed by atoms with E-state index in [2.05, 4.69) is 28.6 Å². The van der Waals surface area contributed by atoms with Crippen LogP contribution in [0, 0.1) is 11.3 Å². The fraction of sp³-hybridized carbons (Fsp3) is 0.333. The summed E-state index contributed by atoms with van der Waals surface area (Å²) in [5, 5.41) is 15.4. The number of carbonyl (C=O) groups is 2. The van der Waals surface area contributed by atoms with E-state index >= 15 is 0 Å². The molecule has 0 bridgehead atoms. The van der Waals surface area contributed by atoms with Gasteiger partial charge in [0.15, 0.2) is 0 Å². The number of amides is 2. The molecule has 3 atom stereocenters. The third-order valence-electron chi connectivity index (χ3n) is 7.16. The summed E-state index contributed by atoms with van der Waals surface area (Å²) in [5.74, 6) is 0.230. The van der Waals surface area contributed by atoms with Crippen LogP contribution in [-0.4, -0.2) is 61.0 Å². The molecule has 2 N–H and O–H groups in total. The van der Waals surface area contributed by atoms with Gasteiger partial charge in [-0.25, -0.2) is 4.98 Å². The third-order valence-corrected chi connectivity index (χ3v) is 7.16. The maximum atomic E-state index is 13.4. The molecule has 0 radical (unpaired) electrons. The molecule has 2 heterocycles. The lowest BCUT2D eigenvalue weighted by molar-refractivity contribution is -0.131. The monoisotopic (exact) mass is 510 g/mol. The summed E-state index contributed by atoms with van der Waals surface area (Å²) in [6.45, 7) is 6.35. The van der Waals surface area contributed by atoms with E-state index in [-0.39, 0.29) is 23.8 Å². The number of piperazine rings is 1. The molecule has 1 aromatic heterocycles. The van der Waals surface area contributed by atoms with Crippen molar-refractivity contribution in [1.82, 2.24) is 15.2 Å². The van der Waals surface area contributed by atoms with Crippen molar-refractivity contribution in [2.75, 3.05) is 43.4 Å². The van der Waals surface area contributed by atoms with Crippen LogP contribution in [-0.2, 0) is 9.59 Å². The lowest BCUT2D eigenvalue weighted by atomic mass is 9.96. The quantitative estimate of drug-likeness (QED) is 0.455. The second-order valence-corrected chi connectivity index (χ2v) is 9.88. The smallest absolute Gasteiger partial charge is 0.242 e. The van der Waals surface area contributed by atoms with Crippen LogP contribution in [0.15, 0.2) is 72.9 Å². The summed E-state index contributed by atoms with van der Waals surface area (Å²) in [6.07, 6.45) is 1.70. The number of anilines is 2. The van der Waals surface area contributed by atoms with Gasteiger partial charge in [0, 0.05) is 32.7 Å². The van der Waals surface area contributed by atoms with Gasteiger partial charge in [-0.05, 0) is 48.2 Å². The molecule has 2 amide bonds. The first-order valence-electron chi connectivity index (χ1n) is 12.9. The largest absolute Gasteiger partial charge is 0.359 e. The van der Waals surface area contributed by atoms with Crippen molar-refractivity contribution in [1.29, 1.82) is 5.26 Å². The number of nitrogens with zero attached hydrogens (tertiary/aromatic N) is 4. The van der Waals surface area contributed by atoms with E-state index < -0.39 is 5.92 Å². The number of likely N-dealkylation sites (N-methyl/N-ethyl adjacent to an activating group) is 1. The molecule has 8 nitrogen and oxygen atoms in total. The van der Waals surface area contributed by atoms with Crippen LogP contribution in [0.5, 0.6) is 0 Å². The molecule has 1 fully saturated rings. The molecular weight excluding hydrogens is 476 g/mol. The Bertz CT molecular complexity index is 1270. The van der Waals surface area contributed by atoms with E-state index in [0.717, 1.165) is 23.4 Å². The van der Waals surface area contributed by atoms with E-state index in [1.807, 2.05) is 79.5 Å². The Morgan fingerprint density at radius 1 is 1.08 bits per heavy atom. The lowest BCUT2D eigenvalue weighted by Gasteiger charge is -2.38. The average molecular weight is 511 g/mol. The minimum Gasteiger partial charge on any atom is -0.359 e. The average Bonchev–Trinajstić information content (AvgIpc) is 2.94. The van der Waals surface area contributed by atoms with Crippen molar-refractivity contribution in [3.05, 3.63) is 89.6 Å². The molecule has 0 spiro atoms. The molecule has 0 aliphatic carbocycles. The van der Waals surface area contributed by atoms with Crippen molar-refractivity contribution in [2.24, 2.45) is 0 Å².